The first-order chi connectivity index (χ1) is 11.5. The SMILES string of the molecule is COc1ccc2c(C(=O)c3cc(C)c(C)c(OC)c3)c(C)sc2c1. The second-order valence-electron chi connectivity index (χ2n) is 5.84. The first-order valence-corrected chi connectivity index (χ1v) is 8.55. The molecule has 1 aromatic heterocycles. The molecule has 0 bridgehead atoms. The van der Waals surface area contributed by atoms with E-state index >= 15 is 0 Å². The lowest BCUT2D eigenvalue weighted by Gasteiger charge is -2.11. The van der Waals surface area contributed by atoms with Crippen molar-refractivity contribution in [3.63, 3.8) is 0 Å². The molecule has 0 saturated heterocycles. The summed E-state index contributed by atoms with van der Waals surface area (Å²) in [6, 6.07) is 9.60. The van der Waals surface area contributed by atoms with Crippen LogP contribution in [0.5, 0.6) is 11.5 Å². The predicted molar refractivity (Wildman–Crippen MR) is 99.0 cm³/mol. The Morgan fingerprint density at radius 1 is 1.00 bits per heavy atom. The summed E-state index contributed by atoms with van der Waals surface area (Å²) in [4.78, 5) is 14.2. The number of hydrogen-bond acceptors (Lipinski definition) is 4. The van der Waals surface area contributed by atoms with Crippen LogP contribution in [0.3, 0.4) is 0 Å². The van der Waals surface area contributed by atoms with Gasteiger partial charge in [0.25, 0.3) is 0 Å². The van der Waals surface area contributed by atoms with Crippen LogP contribution in [0.25, 0.3) is 10.1 Å². The van der Waals surface area contributed by atoms with E-state index in [-0.39, 0.29) is 5.78 Å². The highest BCUT2D eigenvalue weighted by molar-refractivity contribution is 7.19. The largest absolute Gasteiger partial charge is 0.497 e. The molecule has 24 heavy (non-hydrogen) atoms. The van der Waals surface area contributed by atoms with Gasteiger partial charge in [0.2, 0.25) is 0 Å². The van der Waals surface area contributed by atoms with E-state index in [9.17, 15) is 4.79 Å². The summed E-state index contributed by atoms with van der Waals surface area (Å²) in [6.45, 7) is 5.99. The highest BCUT2D eigenvalue weighted by atomic mass is 32.1. The van der Waals surface area contributed by atoms with Gasteiger partial charge in [-0.1, -0.05) is 0 Å². The molecule has 3 aromatic rings. The van der Waals surface area contributed by atoms with E-state index < -0.39 is 0 Å². The van der Waals surface area contributed by atoms with Crippen LogP contribution in [-0.4, -0.2) is 20.0 Å². The minimum absolute atomic E-state index is 0.0327. The molecule has 4 heteroatoms. The first kappa shape index (κ1) is 16.5. The van der Waals surface area contributed by atoms with Gasteiger partial charge >= 0.3 is 0 Å². The molecular formula is C20H20O3S. The molecule has 2 aromatic carbocycles. The van der Waals surface area contributed by atoms with Crippen molar-refractivity contribution >= 4 is 27.2 Å². The van der Waals surface area contributed by atoms with Crippen molar-refractivity contribution in [2.24, 2.45) is 0 Å². The zero-order valence-electron chi connectivity index (χ0n) is 14.5. The number of carbonyl (C=O) groups excluding carboxylic acids is 1. The first-order valence-electron chi connectivity index (χ1n) is 7.73. The van der Waals surface area contributed by atoms with Gasteiger partial charge in [0, 0.05) is 26.1 Å². The molecule has 0 fully saturated rings. The Kier molecular flexibility index (Phi) is 4.33. The second-order valence-corrected chi connectivity index (χ2v) is 7.10. The zero-order chi connectivity index (χ0) is 17.4. The number of benzene rings is 2. The molecule has 0 atom stereocenters. The summed E-state index contributed by atoms with van der Waals surface area (Å²) in [5.41, 5.74) is 3.54. The van der Waals surface area contributed by atoms with Gasteiger partial charge in [0.05, 0.1) is 14.2 Å². The Hall–Kier alpha value is -2.33. The smallest absolute Gasteiger partial charge is 0.194 e. The molecule has 3 rings (SSSR count). The molecule has 0 unspecified atom stereocenters. The van der Waals surface area contributed by atoms with E-state index in [2.05, 4.69) is 0 Å². The maximum Gasteiger partial charge on any atom is 0.194 e. The minimum atomic E-state index is 0.0327. The molecule has 0 aliphatic rings. The van der Waals surface area contributed by atoms with Crippen molar-refractivity contribution in [3.05, 3.63) is 57.5 Å². The summed E-state index contributed by atoms with van der Waals surface area (Å²) >= 11 is 1.62. The summed E-state index contributed by atoms with van der Waals surface area (Å²) < 4.78 is 11.8. The lowest BCUT2D eigenvalue weighted by atomic mass is 9.97. The van der Waals surface area contributed by atoms with Crippen LogP contribution in [-0.2, 0) is 0 Å². The lowest BCUT2D eigenvalue weighted by Crippen LogP contribution is -2.04. The standard InChI is InChI=1S/C20H20O3S/c1-11-8-14(9-17(23-5)12(11)2)20(21)19-13(3)24-18-10-15(22-4)6-7-16(18)19/h6-10H,1-5H3. The average molecular weight is 340 g/mol. The van der Waals surface area contributed by atoms with E-state index in [1.807, 2.05) is 51.1 Å². The van der Waals surface area contributed by atoms with Crippen LogP contribution in [0.1, 0.15) is 31.9 Å². The molecule has 3 nitrogen and oxygen atoms in total. The number of aryl methyl sites for hydroxylation is 2. The highest BCUT2D eigenvalue weighted by Crippen LogP contribution is 2.35. The fourth-order valence-corrected chi connectivity index (χ4v) is 4.01. The molecule has 1 heterocycles. The van der Waals surface area contributed by atoms with Gasteiger partial charge < -0.3 is 9.47 Å². The summed E-state index contributed by atoms with van der Waals surface area (Å²) in [6.07, 6.45) is 0. The fraction of sp³-hybridized carbons (Fsp3) is 0.250. The Bertz CT molecular complexity index is 938. The molecular weight excluding hydrogens is 320 g/mol. The number of methoxy groups -OCH3 is 2. The van der Waals surface area contributed by atoms with E-state index in [0.29, 0.717) is 5.56 Å². The number of ketones is 1. The van der Waals surface area contributed by atoms with E-state index in [1.54, 1.807) is 25.6 Å². The van der Waals surface area contributed by atoms with Gasteiger partial charge in [-0.3, -0.25) is 4.79 Å². The normalized spacial score (nSPS) is 10.9. The van der Waals surface area contributed by atoms with Crippen molar-refractivity contribution in [2.75, 3.05) is 14.2 Å². The number of fused-ring (bicyclic) bond motifs is 1. The summed E-state index contributed by atoms with van der Waals surface area (Å²) in [7, 11) is 3.28. The van der Waals surface area contributed by atoms with Crippen LogP contribution < -0.4 is 9.47 Å². The lowest BCUT2D eigenvalue weighted by molar-refractivity contribution is 0.103. The van der Waals surface area contributed by atoms with Gasteiger partial charge in [0.15, 0.2) is 5.78 Å². The monoisotopic (exact) mass is 340 g/mol. The van der Waals surface area contributed by atoms with Crippen LogP contribution in [0.15, 0.2) is 30.3 Å². The van der Waals surface area contributed by atoms with Crippen molar-refractivity contribution in [2.45, 2.75) is 20.8 Å². The third-order valence-electron chi connectivity index (χ3n) is 4.40. The number of thiophene rings is 1. The molecule has 0 saturated carbocycles. The number of rotatable bonds is 4. The maximum absolute atomic E-state index is 13.1. The van der Waals surface area contributed by atoms with Crippen molar-refractivity contribution in [1.82, 2.24) is 0 Å². The van der Waals surface area contributed by atoms with Crippen LogP contribution >= 0.6 is 11.3 Å². The van der Waals surface area contributed by atoms with Crippen molar-refractivity contribution in [1.29, 1.82) is 0 Å². The predicted octanol–water partition coefficient (Wildman–Crippen LogP) is 5.07. The second kappa shape index (κ2) is 6.29. The molecule has 0 N–H and O–H groups in total. The number of carbonyl (C=O) groups is 1. The third-order valence-corrected chi connectivity index (χ3v) is 5.47. The van der Waals surface area contributed by atoms with Crippen LogP contribution in [0.4, 0.5) is 0 Å². The van der Waals surface area contributed by atoms with Gasteiger partial charge in [-0.15, -0.1) is 11.3 Å². The van der Waals surface area contributed by atoms with Gasteiger partial charge in [-0.05, 0) is 62.2 Å². The zero-order valence-corrected chi connectivity index (χ0v) is 15.3. The molecule has 0 amide bonds. The van der Waals surface area contributed by atoms with E-state index in [0.717, 1.165) is 43.2 Å². The van der Waals surface area contributed by atoms with Crippen LogP contribution in [0.2, 0.25) is 0 Å². The average Bonchev–Trinajstić information content (AvgIpc) is 2.91. The Labute approximate surface area is 145 Å². The summed E-state index contributed by atoms with van der Waals surface area (Å²) in [5.74, 6) is 1.58. The van der Waals surface area contributed by atoms with Gasteiger partial charge in [0.1, 0.15) is 11.5 Å². The van der Waals surface area contributed by atoms with Crippen LogP contribution in [0, 0.1) is 20.8 Å². The Morgan fingerprint density at radius 3 is 2.42 bits per heavy atom. The van der Waals surface area contributed by atoms with Gasteiger partial charge in [-0.2, -0.15) is 0 Å². The van der Waals surface area contributed by atoms with Gasteiger partial charge in [-0.25, -0.2) is 0 Å². The Balaban J connectivity index is 2.15. The van der Waals surface area contributed by atoms with E-state index in [4.69, 9.17) is 9.47 Å². The quantitative estimate of drug-likeness (QED) is 0.622. The van der Waals surface area contributed by atoms with Crippen molar-refractivity contribution < 1.29 is 14.3 Å². The van der Waals surface area contributed by atoms with Crippen molar-refractivity contribution in [3.8, 4) is 11.5 Å². The molecule has 0 aliphatic heterocycles. The van der Waals surface area contributed by atoms with E-state index in [1.165, 1.54) is 0 Å². The minimum Gasteiger partial charge on any atom is -0.497 e. The molecule has 0 aliphatic carbocycles. The molecule has 124 valence electrons. The fourth-order valence-electron chi connectivity index (χ4n) is 2.92. The topological polar surface area (TPSA) is 35.5 Å². The molecule has 0 radical (unpaired) electrons. The number of ether oxygens (including phenoxy) is 2. The highest BCUT2D eigenvalue weighted by Gasteiger charge is 2.20. The third kappa shape index (κ3) is 2.67. The maximum atomic E-state index is 13.1. The summed E-state index contributed by atoms with van der Waals surface area (Å²) in [5, 5.41) is 0.973. The Morgan fingerprint density at radius 2 is 1.75 bits per heavy atom. The molecule has 0 spiro atoms. The number of hydrogen-bond donors (Lipinski definition) is 0.